The number of benzene rings is 1. The third-order valence-electron chi connectivity index (χ3n) is 5.57. The topological polar surface area (TPSA) is 75.4 Å². The number of carbonyl (C=O) groups excluding carboxylic acids is 1. The highest BCUT2D eigenvalue weighted by molar-refractivity contribution is 5.95. The monoisotopic (exact) mass is 367 g/mol. The van der Waals surface area contributed by atoms with Crippen molar-refractivity contribution in [1.29, 1.82) is 0 Å². The number of hydrogen-bond acceptors (Lipinski definition) is 3. The van der Waals surface area contributed by atoms with E-state index in [-0.39, 0.29) is 18.2 Å². The molecule has 1 aromatic carbocycles. The molecule has 1 saturated carbocycles. The van der Waals surface area contributed by atoms with Gasteiger partial charge in [-0.2, -0.15) is 5.10 Å². The van der Waals surface area contributed by atoms with Gasteiger partial charge in [0.25, 0.3) is 5.91 Å². The summed E-state index contributed by atoms with van der Waals surface area (Å²) in [6.45, 7) is 1.38. The van der Waals surface area contributed by atoms with Crippen LogP contribution in [0.25, 0.3) is 5.69 Å². The smallest absolute Gasteiger partial charge is 0.303 e. The molecule has 2 aromatic rings. The maximum atomic E-state index is 13.2. The van der Waals surface area contributed by atoms with Gasteiger partial charge in [0.2, 0.25) is 0 Å². The summed E-state index contributed by atoms with van der Waals surface area (Å²) in [5.74, 6) is -0.0516. The largest absolute Gasteiger partial charge is 0.481 e. The van der Waals surface area contributed by atoms with Gasteiger partial charge in [-0.1, -0.05) is 18.2 Å². The minimum atomic E-state index is -0.765. The summed E-state index contributed by atoms with van der Waals surface area (Å²) in [4.78, 5) is 26.0. The lowest BCUT2D eigenvalue weighted by Gasteiger charge is -2.32. The molecule has 1 aliphatic carbocycles. The van der Waals surface area contributed by atoms with E-state index in [1.165, 1.54) is 0 Å². The Morgan fingerprint density at radius 2 is 1.93 bits per heavy atom. The Labute approximate surface area is 158 Å². The standard InChI is InChI=1S/C21H25N3O3/c25-19(26)11-8-15-5-4-12-23(14-15)21(27)18-13-22-24(20(18)16-9-10-16)17-6-2-1-3-7-17/h1-3,6-7,13,15-16H,4-5,8-12,14H2,(H,25,26). The lowest BCUT2D eigenvalue weighted by atomic mass is 9.93. The van der Waals surface area contributed by atoms with E-state index < -0.39 is 5.97 Å². The summed E-state index contributed by atoms with van der Waals surface area (Å²) in [6.07, 6.45) is 6.64. The van der Waals surface area contributed by atoms with Crippen molar-refractivity contribution in [3.63, 3.8) is 0 Å². The number of likely N-dealkylation sites (tertiary alicyclic amines) is 1. The Morgan fingerprint density at radius 1 is 1.15 bits per heavy atom. The SMILES string of the molecule is O=C(O)CCC1CCCN(C(=O)c2cnn(-c3ccccc3)c2C2CC2)C1. The molecule has 0 radical (unpaired) electrons. The van der Waals surface area contributed by atoms with E-state index in [1.807, 2.05) is 39.9 Å². The second kappa shape index (κ2) is 7.55. The number of nitrogens with zero attached hydrogens (tertiary/aromatic N) is 3. The molecular formula is C21H25N3O3. The van der Waals surface area contributed by atoms with Crippen LogP contribution in [-0.4, -0.2) is 44.8 Å². The summed E-state index contributed by atoms with van der Waals surface area (Å²) in [5, 5.41) is 13.5. The Bertz CT molecular complexity index is 826. The van der Waals surface area contributed by atoms with Crippen LogP contribution < -0.4 is 0 Å². The van der Waals surface area contributed by atoms with Crippen molar-refractivity contribution in [2.45, 2.75) is 44.4 Å². The molecule has 1 aliphatic heterocycles. The molecule has 27 heavy (non-hydrogen) atoms. The predicted octanol–water partition coefficient (Wildman–Crippen LogP) is 3.47. The van der Waals surface area contributed by atoms with Gasteiger partial charge in [-0.15, -0.1) is 0 Å². The molecule has 6 heteroatoms. The molecule has 2 heterocycles. The van der Waals surface area contributed by atoms with E-state index in [1.54, 1.807) is 6.20 Å². The van der Waals surface area contributed by atoms with Crippen molar-refractivity contribution in [2.75, 3.05) is 13.1 Å². The molecule has 0 spiro atoms. The molecule has 2 aliphatic rings. The highest BCUT2D eigenvalue weighted by atomic mass is 16.4. The van der Waals surface area contributed by atoms with E-state index in [4.69, 9.17) is 5.11 Å². The molecule has 0 bridgehead atoms. The maximum absolute atomic E-state index is 13.2. The first-order chi connectivity index (χ1) is 13.1. The van der Waals surface area contributed by atoms with Gasteiger partial charge in [0.05, 0.1) is 23.1 Å². The fourth-order valence-corrected chi connectivity index (χ4v) is 4.03. The van der Waals surface area contributed by atoms with Crippen molar-refractivity contribution in [2.24, 2.45) is 5.92 Å². The fourth-order valence-electron chi connectivity index (χ4n) is 4.03. The van der Waals surface area contributed by atoms with Gasteiger partial charge >= 0.3 is 5.97 Å². The second-order valence-corrected chi connectivity index (χ2v) is 7.66. The van der Waals surface area contributed by atoms with E-state index in [0.717, 1.165) is 43.6 Å². The average Bonchev–Trinajstić information content (AvgIpc) is 3.44. The minimum absolute atomic E-state index is 0.0408. The van der Waals surface area contributed by atoms with Crippen LogP contribution in [0.5, 0.6) is 0 Å². The van der Waals surface area contributed by atoms with Gasteiger partial charge in [0.1, 0.15) is 0 Å². The summed E-state index contributed by atoms with van der Waals surface area (Å²) in [6, 6.07) is 9.95. The van der Waals surface area contributed by atoms with Crippen LogP contribution in [0.2, 0.25) is 0 Å². The molecular weight excluding hydrogens is 342 g/mol. The van der Waals surface area contributed by atoms with E-state index in [0.29, 0.717) is 24.4 Å². The first-order valence-electron chi connectivity index (χ1n) is 9.78. The highest BCUT2D eigenvalue weighted by Gasteiger charge is 2.35. The zero-order valence-electron chi connectivity index (χ0n) is 15.4. The van der Waals surface area contributed by atoms with Crippen LogP contribution >= 0.6 is 0 Å². The molecule has 1 saturated heterocycles. The number of carboxylic acid groups (broad SMARTS) is 1. The van der Waals surface area contributed by atoms with Gasteiger partial charge in [0, 0.05) is 25.4 Å². The number of para-hydroxylation sites is 1. The van der Waals surface area contributed by atoms with Crippen LogP contribution in [-0.2, 0) is 4.79 Å². The Hall–Kier alpha value is -2.63. The molecule has 1 N–H and O–H groups in total. The number of carboxylic acids is 1. The first kappa shape index (κ1) is 17.8. The zero-order valence-corrected chi connectivity index (χ0v) is 15.4. The van der Waals surface area contributed by atoms with Crippen molar-refractivity contribution < 1.29 is 14.7 Å². The molecule has 1 amide bonds. The van der Waals surface area contributed by atoms with Crippen LogP contribution in [0.15, 0.2) is 36.5 Å². The normalized spacial score (nSPS) is 19.9. The quantitative estimate of drug-likeness (QED) is 0.848. The number of hydrogen-bond donors (Lipinski definition) is 1. The van der Waals surface area contributed by atoms with Crippen molar-refractivity contribution in [3.8, 4) is 5.69 Å². The average molecular weight is 367 g/mol. The Balaban J connectivity index is 1.55. The third-order valence-corrected chi connectivity index (χ3v) is 5.57. The molecule has 2 fully saturated rings. The van der Waals surface area contributed by atoms with Gasteiger partial charge < -0.3 is 10.0 Å². The number of carbonyl (C=O) groups is 2. The van der Waals surface area contributed by atoms with Crippen molar-refractivity contribution in [3.05, 3.63) is 47.8 Å². The fraction of sp³-hybridized carbons (Fsp3) is 0.476. The molecule has 1 atom stereocenters. The predicted molar refractivity (Wildman–Crippen MR) is 101 cm³/mol. The van der Waals surface area contributed by atoms with Crippen LogP contribution in [0.1, 0.15) is 60.5 Å². The summed E-state index contributed by atoms with van der Waals surface area (Å²) >= 11 is 0. The highest BCUT2D eigenvalue weighted by Crippen LogP contribution is 2.43. The number of aromatic nitrogens is 2. The molecule has 1 aromatic heterocycles. The maximum Gasteiger partial charge on any atom is 0.303 e. The van der Waals surface area contributed by atoms with E-state index in [9.17, 15) is 9.59 Å². The van der Waals surface area contributed by atoms with Gasteiger partial charge in [-0.3, -0.25) is 9.59 Å². The summed E-state index contributed by atoms with van der Waals surface area (Å²) in [7, 11) is 0. The summed E-state index contributed by atoms with van der Waals surface area (Å²) in [5.41, 5.74) is 2.72. The van der Waals surface area contributed by atoms with Crippen LogP contribution in [0.4, 0.5) is 0 Å². The van der Waals surface area contributed by atoms with E-state index >= 15 is 0 Å². The van der Waals surface area contributed by atoms with Crippen LogP contribution in [0.3, 0.4) is 0 Å². The molecule has 142 valence electrons. The van der Waals surface area contributed by atoms with Gasteiger partial charge in [-0.25, -0.2) is 4.68 Å². The number of aliphatic carboxylic acids is 1. The van der Waals surface area contributed by atoms with E-state index in [2.05, 4.69) is 5.10 Å². The number of rotatable bonds is 6. The van der Waals surface area contributed by atoms with Gasteiger partial charge in [0.15, 0.2) is 0 Å². The molecule has 6 nitrogen and oxygen atoms in total. The lowest BCUT2D eigenvalue weighted by Crippen LogP contribution is -2.40. The Kier molecular flexibility index (Phi) is 4.97. The minimum Gasteiger partial charge on any atom is -0.481 e. The van der Waals surface area contributed by atoms with Crippen molar-refractivity contribution >= 4 is 11.9 Å². The molecule has 1 unspecified atom stereocenters. The number of piperidine rings is 1. The Morgan fingerprint density at radius 3 is 2.63 bits per heavy atom. The zero-order chi connectivity index (χ0) is 18.8. The lowest BCUT2D eigenvalue weighted by molar-refractivity contribution is -0.137. The van der Waals surface area contributed by atoms with Crippen LogP contribution in [0, 0.1) is 5.92 Å². The number of amides is 1. The first-order valence-corrected chi connectivity index (χ1v) is 9.78. The molecule has 4 rings (SSSR count). The van der Waals surface area contributed by atoms with Gasteiger partial charge in [-0.05, 0) is 50.2 Å². The third kappa shape index (κ3) is 3.89. The van der Waals surface area contributed by atoms with Crippen molar-refractivity contribution in [1.82, 2.24) is 14.7 Å². The summed E-state index contributed by atoms with van der Waals surface area (Å²) < 4.78 is 1.91. The second-order valence-electron chi connectivity index (χ2n) is 7.66.